The summed E-state index contributed by atoms with van der Waals surface area (Å²) in [5, 5.41) is 5.39. The summed E-state index contributed by atoms with van der Waals surface area (Å²) in [7, 11) is -4.68. The first-order valence-corrected chi connectivity index (χ1v) is 13.6. The zero-order valence-electron chi connectivity index (χ0n) is 21.6. The number of hydrogen-bond acceptors (Lipinski definition) is 7. The molecule has 6 N–H and O–H groups in total. The standard InChI is InChI=1S/C24H35N4O9P/c1-15(2)13-19(23(31)28-11-4-5-20(28)22(30)26-10-12-36-24(25)32)27-21(29)14-16(3)17-6-8-18(9-7-17)37-38(33,34)35/h6-9,14-15,19-20H,4-5,10-13H2,1-3H3,(H2,25,32)(H,26,30)(H,27,29)(H2,33,34,35)/b16-14+/t19-,20-/m0/s1. The van der Waals surface area contributed by atoms with Gasteiger partial charge in [-0.15, -0.1) is 0 Å². The van der Waals surface area contributed by atoms with E-state index in [0.29, 0.717) is 36.9 Å². The van der Waals surface area contributed by atoms with E-state index >= 15 is 0 Å². The fourth-order valence-corrected chi connectivity index (χ4v) is 4.45. The summed E-state index contributed by atoms with van der Waals surface area (Å²) in [6, 6.07) is 4.28. The maximum Gasteiger partial charge on any atom is 0.524 e. The Morgan fingerprint density at radius 3 is 2.45 bits per heavy atom. The van der Waals surface area contributed by atoms with E-state index in [2.05, 4.69) is 19.9 Å². The van der Waals surface area contributed by atoms with Gasteiger partial charge in [0.2, 0.25) is 17.7 Å². The number of nitrogens with one attached hydrogen (secondary N) is 2. The Kier molecular flexibility index (Phi) is 11.3. The van der Waals surface area contributed by atoms with Gasteiger partial charge < -0.3 is 30.5 Å². The summed E-state index contributed by atoms with van der Waals surface area (Å²) < 4.78 is 20.1. The van der Waals surface area contributed by atoms with E-state index in [1.54, 1.807) is 19.1 Å². The number of nitrogens with two attached hydrogens (primary N) is 1. The molecule has 0 aliphatic carbocycles. The van der Waals surface area contributed by atoms with E-state index in [-0.39, 0.29) is 36.6 Å². The summed E-state index contributed by atoms with van der Waals surface area (Å²) in [6.07, 6.45) is 1.84. The van der Waals surface area contributed by atoms with Crippen molar-refractivity contribution in [2.24, 2.45) is 11.7 Å². The highest BCUT2D eigenvalue weighted by molar-refractivity contribution is 7.46. The van der Waals surface area contributed by atoms with Gasteiger partial charge in [0.15, 0.2) is 0 Å². The van der Waals surface area contributed by atoms with Crippen LogP contribution in [0.2, 0.25) is 0 Å². The minimum atomic E-state index is -4.68. The number of nitrogens with zero attached hydrogens (tertiary/aromatic N) is 1. The Hall–Kier alpha value is -3.41. The van der Waals surface area contributed by atoms with Crippen molar-refractivity contribution in [3.63, 3.8) is 0 Å². The van der Waals surface area contributed by atoms with Crippen LogP contribution >= 0.6 is 7.82 Å². The quantitative estimate of drug-likeness (QED) is 0.144. The number of primary amides is 1. The van der Waals surface area contributed by atoms with Crippen LogP contribution in [-0.2, 0) is 23.7 Å². The zero-order chi connectivity index (χ0) is 28.5. The number of carbonyl (C=O) groups is 4. The molecule has 1 heterocycles. The molecule has 13 nitrogen and oxygen atoms in total. The molecule has 0 radical (unpaired) electrons. The lowest BCUT2D eigenvalue weighted by atomic mass is 10.0. The van der Waals surface area contributed by atoms with Crippen LogP contribution in [0, 0.1) is 5.92 Å². The lowest BCUT2D eigenvalue weighted by molar-refractivity contribution is -0.141. The van der Waals surface area contributed by atoms with Crippen LogP contribution in [0.1, 0.15) is 45.6 Å². The number of benzene rings is 1. The second-order valence-corrected chi connectivity index (χ2v) is 10.4. The van der Waals surface area contributed by atoms with Crippen LogP contribution in [0.3, 0.4) is 0 Å². The van der Waals surface area contributed by atoms with Gasteiger partial charge in [-0.05, 0) is 55.4 Å². The van der Waals surface area contributed by atoms with Crippen molar-refractivity contribution in [1.82, 2.24) is 15.5 Å². The number of ether oxygens (including phenoxy) is 1. The number of carbonyl (C=O) groups excluding carboxylic acids is 4. The molecule has 4 amide bonds. The Morgan fingerprint density at radius 1 is 1.21 bits per heavy atom. The highest BCUT2D eigenvalue weighted by Gasteiger charge is 2.37. The van der Waals surface area contributed by atoms with Crippen LogP contribution in [-0.4, -0.2) is 70.3 Å². The molecule has 0 spiro atoms. The van der Waals surface area contributed by atoms with Gasteiger partial charge in [-0.3, -0.25) is 24.2 Å². The highest BCUT2D eigenvalue weighted by Crippen LogP contribution is 2.37. The summed E-state index contributed by atoms with van der Waals surface area (Å²) in [4.78, 5) is 68.8. The average Bonchev–Trinajstić information content (AvgIpc) is 3.30. The van der Waals surface area contributed by atoms with Gasteiger partial charge in [-0.25, -0.2) is 9.36 Å². The van der Waals surface area contributed by atoms with Crippen molar-refractivity contribution >= 4 is 37.2 Å². The van der Waals surface area contributed by atoms with E-state index in [1.165, 1.54) is 23.1 Å². The van der Waals surface area contributed by atoms with Gasteiger partial charge in [-0.1, -0.05) is 26.0 Å². The molecule has 1 saturated heterocycles. The maximum absolute atomic E-state index is 13.4. The molecule has 14 heteroatoms. The molecule has 1 fully saturated rings. The van der Waals surface area contributed by atoms with Crippen LogP contribution in [0.5, 0.6) is 5.75 Å². The van der Waals surface area contributed by atoms with Crippen molar-refractivity contribution in [2.45, 2.75) is 52.1 Å². The van der Waals surface area contributed by atoms with E-state index in [1.807, 2.05) is 13.8 Å². The first-order chi connectivity index (χ1) is 17.8. The fraction of sp³-hybridized carbons (Fsp3) is 0.500. The van der Waals surface area contributed by atoms with E-state index in [0.717, 1.165) is 0 Å². The van der Waals surface area contributed by atoms with Crippen LogP contribution in [0.25, 0.3) is 5.57 Å². The number of likely N-dealkylation sites (tertiary alicyclic amines) is 1. The average molecular weight is 555 g/mol. The molecule has 0 unspecified atom stereocenters. The Labute approximate surface area is 221 Å². The van der Waals surface area contributed by atoms with Gasteiger partial charge in [0.25, 0.3) is 0 Å². The van der Waals surface area contributed by atoms with Gasteiger partial charge in [0, 0.05) is 12.6 Å². The second-order valence-electron chi connectivity index (χ2n) is 9.27. The molecule has 2 atom stereocenters. The SMILES string of the molecule is C/C(=C\C(=O)N[C@@H](CC(C)C)C(=O)N1CCC[C@H]1C(=O)NCCOC(N)=O)c1ccc(OP(=O)(O)O)cc1. The van der Waals surface area contributed by atoms with Crippen molar-refractivity contribution in [3.05, 3.63) is 35.9 Å². The topological polar surface area (TPSA) is 198 Å². The third kappa shape index (κ3) is 10.2. The summed E-state index contributed by atoms with van der Waals surface area (Å²) >= 11 is 0. The molecule has 210 valence electrons. The minimum Gasteiger partial charge on any atom is -0.448 e. The Bertz CT molecular complexity index is 1080. The monoisotopic (exact) mass is 554 g/mol. The number of allylic oxidation sites excluding steroid dienone is 1. The second kappa shape index (κ2) is 13.9. The summed E-state index contributed by atoms with van der Waals surface area (Å²) in [6.45, 7) is 5.86. The number of phosphoric ester groups is 1. The van der Waals surface area contributed by atoms with Crippen molar-refractivity contribution in [2.75, 3.05) is 19.7 Å². The molecular weight excluding hydrogens is 519 g/mol. The first-order valence-electron chi connectivity index (χ1n) is 12.1. The molecule has 0 aromatic heterocycles. The van der Waals surface area contributed by atoms with Crippen molar-refractivity contribution in [3.8, 4) is 5.75 Å². The van der Waals surface area contributed by atoms with Gasteiger partial charge in [0.05, 0.1) is 6.54 Å². The lowest BCUT2D eigenvalue weighted by Gasteiger charge is -2.29. The number of amides is 4. The molecule has 2 rings (SSSR count). The minimum absolute atomic E-state index is 0.0217. The summed E-state index contributed by atoms with van der Waals surface area (Å²) in [5.74, 6) is -1.17. The molecule has 0 saturated carbocycles. The molecular formula is C24H35N4O9P. The van der Waals surface area contributed by atoms with E-state index in [4.69, 9.17) is 15.5 Å². The third-order valence-electron chi connectivity index (χ3n) is 5.69. The Morgan fingerprint density at radius 2 is 1.87 bits per heavy atom. The third-order valence-corrected chi connectivity index (χ3v) is 6.14. The van der Waals surface area contributed by atoms with Crippen molar-refractivity contribution < 1.29 is 42.8 Å². The number of hydrogen-bond donors (Lipinski definition) is 5. The van der Waals surface area contributed by atoms with Crippen molar-refractivity contribution in [1.29, 1.82) is 0 Å². The van der Waals surface area contributed by atoms with Crippen LogP contribution in [0.4, 0.5) is 4.79 Å². The smallest absolute Gasteiger partial charge is 0.448 e. The van der Waals surface area contributed by atoms with E-state index < -0.39 is 31.9 Å². The molecule has 38 heavy (non-hydrogen) atoms. The normalized spacial score (nSPS) is 16.6. The maximum atomic E-state index is 13.4. The molecule has 1 aliphatic rings. The predicted molar refractivity (Wildman–Crippen MR) is 137 cm³/mol. The highest BCUT2D eigenvalue weighted by atomic mass is 31.2. The Balaban J connectivity index is 2.07. The number of rotatable bonds is 12. The fourth-order valence-electron chi connectivity index (χ4n) is 4.05. The summed E-state index contributed by atoms with van der Waals surface area (Å²) in [5.41, 5.74) is 6.06. The molecule has 1 aromatic carbocycles. The predicted octanol–water partition coefficient (Wildman–Crippen LogP) is 1.29. The largest absolute Gasteiger partial charge is 0.524 e. The molecule has 0 bridgehead atoms. The van der Waals surface area contributed by atoms with Crippen LogP contribution in [0.15, 0.2) is 30.3 Å². The van der Waals surface area contributed by atoms with Gasteiger partial charge in [0.1, 0.15) is 24.4 Å². The molecule has 1 aliphatic heterocycles. The van der Waals surface area contributed by atoms with Gasteiger partial charge in [-0.2, -0.15) is 0 Å². The van der Waals surface area contributed by atoms with Gasteiger partial charge >= 0.3 is 13.9 Å². The molecule has 1 aromatic rings. The van der Waals surface area contributed by atoms with Crippen LogP contribution < -0.4 is 20.9 Å². The van der Waals surface area contributed by atoms with E-state index in [9.17, 15) is 23.7 Å². The zero-order valence-corrected chi connectivity index (χ0v) is 22.5. The number of phosphoric acid groups is 1. The first kappa shape index (κ1) is 30.8. The lowest BCUT2D eigenvalue weighted by Crippen LogP contribution is -2.54.